The van der Waals surface area contributed by atoms with Crippen LogP contribution < -0.4 is 0 Å². The van der Waals surface area contributed by atoms with E-state index < -0.39 is 15.9 Å². The van der Waals surface area contributed by atoms with E-state index in [1.54, 1.807) is 0 Å². The highest BCUT2D eigenvalue weighted by Crippen LogP contribution is 2.25. The van der Waals surface area contributed by atoms with Crippen molar-refractivity contribution in [3.8, 4) is 0 Å². The van der Waals surface area contributed by atoms with Crippen LogP contribution in [-0.4, -0.2) is 55.2 Å². The molecular weight excluding hydrogens is 262 g/mol. The van der Waals surface area contributed by atoms with Gasteiger partial charge in [-0.05, 0) is 52.6 Å². The molecule has 0 aromatic carbocycles. The summed E-state index contributed by atoms with van der Waals surface area (Å²) in [5.74, 6) is 0.167. The zero-order valence-electron chi connectivity index (χ0n) is 12.6. The molecule has 0 aromatic heterocycles. The summed E-state index contributed by atoms with van der Waals surface area (Å²) in [6.07, 6.45) is 6.81. The SMILES string of the molecule is CC(C)(C(O)CCCS(C)(=O)=O)N1CCCCCC1. The van der Waals surface area contributed by atoms with Crippen molar-refractivity contribution in [2.24, 2.45) is 0 Å². The Labute approximate surface area is 118 Å². The van der Waals surface area contributed by atoms with Crippen molar-refractivity contribution in [1.82, 2.24) is 4.90 Å². The molecule has 0 saturated carbocycles. The van der Waals surface area contributed by atoms with Crippen molar-refractivity contribution in [2.75, 3.05) is 25.1 Å². The van der Waals surface area contributed by atoms with Crippen LogP contribution in [0.1, 0.15) is 52.4 Å². The number of hydrogen-bond donors (Lipinski definition) is 1. The van der Waals surface area contributed by atoms with Crippen LogP contribution in [-0.2, 0) is 9.84 Å². The second-order valence-electron chi connectivity index (χ2n) is 6.34. The lowest BCUT2D eigenvalue weighted by Gasteiger charge is -2.41. The molecule has 4 nitrogen and oxygen atoms in total. The summed E-state index contributed by atoms with van der Waals surface area (Å²) in [4.78, 5) is 2.37. The maximum absolute atomic E-state index is 11.1. The van der Waals surface area contributed by atoms with E-state index in [1.807, 2.05) is 0 Å². The molecule has 0 radical (unpaired) electrons. The summed E-state index contributed by atoms with van der Waals surface area (Å²) in [5.41, 5.74) is -0.262. The molecule has 1 saturated heterocycles. The van der Waals surface area contributed by atoms with Gasteiger partial charge in [-0.1, -0.05) is 12.8 Å². The lowest BCUT2D eigenvalue weighted by molar-refractivity contribution is -0.0129. The third kappa shape index (κ3) is 5.79. The molecule has 1 unspecified atom stereocenters. The van der Waals surface area contributed by atoms with Crippen molar-refractivity contribution in [3.63, 3.8) is 0 Å². The van der Waals surface area contributed by atoms with Gasteiger partial charge < -0.3 is 5.11 Å². The quantitative estimate of drug-likeness (QED) is 0.811. The maximum atomic E-state index is 11.1. The standard InChI is InChI=1S/C14H29NO3S/c1-14(2,15-10-6-4-5-7-11-15)13(16)9-8-12-19(3,17)18/h13,16H,4-12H2,1-3H3. The number of nitrogens with zero attached hydrogens (tertiary/aromatic N) is 1. The van der Waals surface area contributed by atoms with E-state index in [9.17, 15) is 13.5 Å². The Morgan fingerprint density at radius 3 is 2.16 bits per heavy atom. The monoisotopic (exact) mass is 291 g/mol. The Morgan fingerprint density at radius 2 is 1.68 bits per heavy atom. The third-order valence-electron chi connectivity index (χ3n) is 4.23. The van der Waals surface area contributed by atoms with E-state index in [0.717, 1.165) is 13.1 Å². The van der Waals surface area contributed by atoms with Crippen molar-refractivity contribution in [1.29, 1.82) is 0 Å². The van der Waals surface area contributed by atoms with Crippen molar-refractivity contribution < 1.29 is 13.5 Å². The van der Waals surface area contributed by atoms with Crippen LogP contribution in [0.4, 0.5) is 0 Å². The third-order valence-corrected chi connectivity index (χ3v) is 5.26. The van der Waals surface area contributed by atoms with E-state index in [2.05, 4.69) is 18.7 Å². The number of hydrogen-bond acceptors (Lipinski definition) is 4. The van der Waals surface area contributed by atoms with E-state index in [4.69, 9.17) is 0 Å². The highest BCUT2D eigenvalue weighted by molar-refractivity contribution is 7.90. The average Bonchev–Trinajstić information content (AvgIpc) is 2.55. The van der Waals surface area contributed by atoms with Crippen LogP contribution in [0.5, 0.6) is 0 Å². The van der Waals surface area contributed by atoms with Gasteiger partial charge in [0.2, 0.25) is 0 Å². The number of sulfone groups is 1. The zero-order chi connectivity index (χ0) is 14.5. The minimum Gasteiger partial charge on any atom is -0.391 e. The van der Waals surface area contributed by atoms with E-state index in [0.29, 0.717) is 12.8 Å². The topological polar surface area (TPSA) is 57.6 Å². The molecule has 0 bridgehead atoms. The summed E-state index contributed by atoms with van der Waals surface area (Å²) < 4.78 is 22.2. The van der Waals surface area contributed by atoms with Crippen LogP contribution in [0.2, 0.25) is 0 Å². The normalized spacial score (nSPS) is 21.1. The largest absolute Gasteiger partial charge is 0.391 e. The second-order valence-corrected chi connectivity index (χ2v) is 8.60. The lowest BCUT2D eigenvalue weighted by Crippen LogP contribution is -2.52. The van der Waals surface area contributed by atoms with Crippen LogP contribution in [0.25, 0.3) is 0 Å². The van der Waals surface area contributed by atoms with Crippen molar-refractivity contribution >= 4 is 9.84 Å². The predicted octanol–water partition coefficient (Wildman–Crippen LogP) is 1.83. The van der Waals surface area contributed by atoms with Crippen LogP contribution in [0.15, 0.2) is 0 Å². The van der Waals surface area contributed by atoms with Gasteiger partial charge in [-0.15, -0.1) is 0 Å². The molecule has 0 aliphatic carbocycles. The van der Waals surface area contributed by atoms with Crippen molar-refractivity contribution in [3.05, 3.63) is 0 Å². The van der Waals surface area contributed by atoms with Gasteiger partial charge in [-0.25, -0.2) is 8.42 Å². The van der Waals surface area contributed by atoms with Gasteiger partial charge in [0.05, 0.1) is 6.10 Å². The molecule has 1 heterocycles. The van der Waals surface area contributed by atoms with Gasteiger partial charge >= 0.3 is 0 Å². The van der Waals surface area contributed by atoms with Gasteiger partial charge in [0.15, 0.2) is 0 Å². The Kier molecular flexibility index (Phi) is 6.27. The minimum absolute atomic E-state index is 0.167. The first-order valence-electron chi connectivity index (χ1n) is 7.34. The predicted molar refractivity (Wildman–Crippen MR) is 79.1 cm³/mol. The fourth-order valence-corrected chi connectivity index (χ4v) is 3.44. The average molecular weight is 291 g/mol. The van der Waals surface area contributed by atoms with Gasteiger partial charge in [-0.3, -0.25) is 4.90 Å². The summed E-state index contributed by atoms with van der Waals surface area (Å²) in [6.45, 7) is 6.22. The minimum atomic E-state index is -2.92. The maximum Gasteiger partial charge on any atom is 0.147 e. The van der Waals surface area contributed by atoms with Gasteiger partial charge in [0.25, 0.3) is 0 Å². The molecule has 5 heteroatoms. The smallest absolute Gasteiger partial charge is 0.147 e. The summed E-state index contributed by atoms with van der Waals surface area (Å²) >= 11 is 0. The van der Waals surface area contributed by atoms with Gasteiger partial charge in [-0.2, -0.15) is 0 Å². The fraction of sp³-hybridized carbons (Fsp3) is 1.00. The zero-order valence-corrected chi connectivity index (χ0v) is 13.4. The van der Waals surface area contributed by atoms with Crippen LogP contribution in [0.3, 0.4) is 0 Å². The molecule has 1 aliphatic heterocycles. The summed E-state index contributed by atoms with van der Waals surface area (Å²) in [6, 6.07) is 0. The molecular formula is C14H29NO3S. The molecule has 0 spiro atoms. The molecule has 1 rings (SSSR count). The molecule has 0 amide bonds. The van der Waals surface area contributed by atoms with Crippen LogP contribution >= 0.6 is 0 Å². The van der Waals surface area contributed by atoms with Crippen molar-refractivity contribution in [2.45, 2.75) is 64.0 Å². The molecule has 19 heavy (non-hydrogen) atoms. The Morgan fingerprint density at radius 1 is 1.16 bits per heavy atom. The molecule has 1 atom stereocenters. The molecule has 114 valence electrons. The first-order chi connectivity index (χ1) is 8.73. The summed E-state index contributed by atoms with van der Waals surface area (Å²) in [7, 11) is -2.92. The first kappa shape index (κ1) is 16.9. The number of aliphatic hydroxyl groups is 1. The molecule has 0 aromatic rings. The van der Waals surface area contributed by atoms with E-state index in [-0.39, 0.29) is 11.3 Å². The highest BCUT2D eigenvalue weighted by Gasteiger charge is 2.34. The molecule has 1 aliphatic rings. The Hall–Kier alpha value is -0.130. The number of aliphatic hydroxyl groups excluding tert-OH is 1. The van der Waals surface area contributed by atoms with Gasteiger partial charge in [0, 0.05) is 17.5 Å². The first-order valence-corrected chi connectivity index (χ1v) is 9.40. The van der Waals surface area contributed by atoms with E-state index in [1.165, 1.54) is 31.9 Å². The number of likely N-dealkylation sites (tertiary alicyclic amines) is 1. The Balaban J connectivity index is 2.49. The summed E-state index contributed by atoms with van der Waals surface area (Å²) in [5, 5.41) is 10.4. The fourth-order valence-electron chi connectivity index (χ4n) is 2.75. The van der Waals surface area contributed by atoms with Gasteiger partial charge in [0.1, 0.15) is 9.84 Å². The molecule has 1 fully saturated rings. The van der Waals surface area contributed by atoms with E-state index >= 15 is 0 Å². The highest BCUT2D eigenvalue weighted by atomic mass is 32.2. The second kappa shape index (κ2) is 7.04. The molecule has 1 N–H and O–H groups in total. The number of rotatable bonds is 6. The Bertz CT molecular complexity index is 357. The lowest BCUT2D eigenvalue weighted by atomic mass is 9.91. The van der Waals surface area contributed by atoms with Crippen LogP contribution in [0, 0.1) is 0 Å².